The molecule has 0 spiro atoms. The van der Waals surface area contributed by atoms with Crippen LogP contribution in [0.25, 0.3) is 0 Å². The number of hydrogen-bond acceptors (Lipinski definition) is 7. The molecule has 1 aromatic rings. The van der Waals surface area contributed by atoms with Gasteiger partial charge in [-0.25, -0.2) is 9.78 Å². The summed E-state index contributed by atoms with van der Waals surface area (Å²) in [6.07, 6.45) is 5.03. The van der Waals surface area contributed by atoms with Crippen molar-refractivity contribution >= 4 is 23.7 Å². The quantitative estimate of drug-likeness (QED) is 0.159. The summed E-state index contributed by atoms with van der Waals surface area (Å²) in [5.41, 5.74) is 12.1. The van der Waals surface area contributed by atoms with Gasteiger partial charge in [0.15, 0.2) is 0 Å². The van der Waals surface area contributed by atoms with Gasteiger partial charge >= 0.3 is 5.97 Å². The van der Waals surface area contributed by atoms with Gasteiger partial charge in [-0.2, -0.15) is 0 Å². The Hall–Kier alpha value is -2.99. The highest BCUT2D eigenvalue weighted by Gasteiger charge is 2.28. The van der Waals surface area contributed by atoms with Gasteiger partial charge in [-0.05, 0) is 45.1 Å². The van der Waals surface area contributed by atoms with Gasteiger partial charge in [0, 0.05) is 18.3 Å². The maximum atomic E-state index is 12.8. The number of amides is 3. The van der Waals surface area contributed by atoms with E-state index in [0.717, 1.165) is 0 Å². The molecule has 186 valence electrons. The lowest BCUT2D eigenvalue weighted by atomic mass is 10.0. The number of H-pyrrole nitrogens is 1. The Morgan fingerprint density at radius 1 is 1.03 bits per heavy atom. The number of aromatic nitrogens is 2. The molecule has 0 saturated carbocycles. The number of imidazole rings is 1. The van der Waals surface area contributed by atoms with E-state index in [4.69, 9.17) is 11.5 Å². The van der Waals surface area contributed by atoms with Crippen molar-refractivity contribution in [3.05, 3.63) is 18.2 Å². The number of aliphatic carboxylic acids is 1. The van der Waals surface area contributed by atoms with Crippen molar-refractivity contribution in [3.8, 4) is 0 Å². The van der Waals surface area contributed by atoms with Crippen molar-refractivity contribution < 1.29 is 24.3 Å². The minimum atomic E-state index is -1.16. The second-order valence-electron chi connectivity index (χ2n) is 8.49. The SMILES string of the molecule is CC(C)CC(NC(=O)C(N)Cc1cnc[nH]1)C(=O)NC(C)C(=O)NC(CCCCN)C(=O)O. The number of carboxylic acid groups (broad SMARTS) is 1. The molecule has 0 bridgehead atoms. The summed E-state index contributed by atoms with van der Waals surface area (Å²) in [5, 5.41) is 17.0. The fourth-order valence-electron chi connectivity index (χ4n) is 3.13. The molecule has 12 nitrogen and oxygen atoms in total. The predicted molar refractivity (Wildman–Crippen MR) is 122 cm³/mol. The standard InChI is InChI=1S/C21H37N7O5/c1-12(2)8-17(28-19(30)15(23)9-14-10-24-11-25-14)20(31)26-13(3)18(29)27-16(21(32)33)6-4-5-7-22/h10-13,15-17H,4-9,22-23H2,1-3H3,(H,24,25)(H,26,31)(H,27,29)(H,28,30)(H,32,33). The zero-order chi connectivity index (χ0) is 25.0. The first-order valence-electron chi connectivity index (χ1n) is 11.1. The summed E-state index contributed by atoms with van der Waals surface area (Å²) < 4.78 is 0. The van der Waals surface area contributed by atoms with Gasteiger partial charge < -0.3 is 37.5 Å². The molecule has 0 aromatic carbocycles. The normalized spacial score (nSPS) is 14.7. The highest BCUT2D eigenvalue weighted by atomic mass is 16.4. The molecular weight excluding hydrogens is 430 g/mol. The Morgan fingerprint density at radius 3 is 2.24 bits per heavy atom. The third-order valence-electron chi connectivity index (χ3n) is 4.99. The van der Waals surface area contributed by atoms with E-state index >= 15 is 0 Å². The topological polar surface area (TPSA) is 205 Å². The van der Waals surface area contributed by atoms with E-state index in [-0.39, 0.29) is 18.8 Å². The van der Waals surface area contributed by atoms with Crippen molar-refractivity contribution in [2.45, 2.75) is 77.0 Å². The smallest absolute Gasteiger partial charge is 0.326 e. The second kappa shape index (κ2) is 14.2. The van der Waals surface area contributed by atoms with Crippen molar-refractivity contribution in [1.82, 2.24) is 25.9 Å². The van der Waals surface area contributed by atoms with Crippen LogP contribution in [0.5, 0.6) is 0 Å². The van der Waals surface area contributed by atoms with Crippen LogP contribution in [-0.2, 0) is 25.6 Å². The lowest BCUT2D eigenvalue weighted by molar-refractivity contribution is -0.142. The molecule has 1 heterocycles. The first kappa shape index (κ1) is 28.0. The van der Waals surface area contributed by atoms with Gasteiger partial charge in [-0.1, -0.05) is 13.8 Å². The van der Waals surface area contributed by atoms with E-state index in [9.17, 15) is 24.3 Å². The Morgan fingerprint density at radius 2 is 1.70 bits per heavy atom. The Kier molecular flexibility index (Phi) is 12.1. The van der Waals surface area contributed by atoms with Gasteiger partial charge in [-0.15, -0.1) is 0 Å². The van der Waals surface area contributed by atoms with Crippen LogP contribution in [0.3, 0.4) is 0 Å². The molecule has 9 N–H and O–H groups in total. The Bertz CT molecular complexity index is 769. The third-order valence-corrected chi connectivity index (χ3v) is 4.99. The van der Waals surface area contributed by atoms with Crippen LogP contribution in [0.1, 0.15) is 52.1 Å². The number of nitrogens with two attached hydrogens (primary N) is 2. The lowest BCUT2D eigenvalue weighted by Gasteiger charge is -2.24. The minimum absolute atomic E-state index is 0.0768. The van der Waals surface area contributed by atoms with E-state index in [0.29, 0.717) is 31.5 Å². The second-order valence-corrected chi connectivity index (χ2v) is 8.49. The summed E-state index contributed by atoms with van der Waals surface area (Å²) in [5.74, 6) is -2.77. The number of unbranched alkanes of at least 4 members (excludes halogenated alkanes) is 1. The Balaban J connectivity index is 2.70. The monoisotopic (exact) mass is 467 g/mol. The van der Waals surface area contributed by atoms with Crippen molar-refractivity contribution in [3.63, 3.8) is 0 Å². The molecule has 1 rings (SSSR count). The van der Waals surface area contributed by atoms with Crippen LogP contribution in [0, 0.1) is 5.92 Å². The van der Waals surface area contributed by atoms with E-state index in [1.165, 1.54) is 13.3 Å². The molecule has 4 atom stereocenters. The van der Waals surface area contributed by atoms with Crippen molar-refractivity contribution in [2.24, 2.45) is 17.4 Å². The number of nitrogens with one attached hydrogen (secondary N) is 4. The van der Waals surface area contributed by atoms with Crippen LogP contribution >= 0.6 is 0 Å². The molecule has 0 radical (unpaired) electrons. The third kappa shape index (κ3) is 10.4. The number of carbonyl (C=O) groups excluding carboxylic acids is 3. The van der Waals surface area contributed by atoms with Crippen molar-refractivity contribution in [2.75, 3.05) is 6.54 Å². The average Bonchev–Trinajstić information content (AvgIpc) is 3.24. The molecule has 3 amide bonds. The summed E-state index contributed by atoms with van der Waals surface area (Å²) in [4.78, 5) is 55.9. The highest BCUT2D eigenvalue weighted by Crippen LogP contribution is 2.07. The number of nitrogens with zero attached hydrogens (tertiary/aromatic N) is 1. The fourth-order valence-corrected chi connectivity index (χ4v) is 3.13. The van der Waals surface area contributed by atoms with Gasteiger partial charge in [0.25, 0.3) is 0 Å². The zero-order valence-electron chi connectivity index (χ0n) is 19.5. The summed E-state index contributed by atoms with van der Waals surface area (Å²) >= 11 is 0. The maximum absolute atomic E-state index is 12.8. The van der Waals surface area contributed by atoms with Gasteiger partial charge in [0.2, 0.25) is 17.7 Å². The molecule has 0 aliphatic carbocycles. The number of aromatic amines is 1. The fraction of sp³-hybridized carbons (Fsp3) is 0.667. The van der Waals surface area contributed by atoms with E-state index in [2.05, 4.69) is 25.9 Å². The van der Waals surface area contributed by atoms with E-state index in [1.807, 2.05) is 13.8 Å². The first-order valence-corrected chi connectivity index (χ1v) is 11.1. The lowest BCUT2D eigenvalue weighted by Crippen LogP contribution is -2.56. The largest absolute Gasteiger partial charge is 0.480 e. The molecular formula is C21H37N7O5. The summed E-state index contributed by atoms with van der Waals surface area (Å²) in [6.45, 7) is 5.67. The van der Waals surface area contributed by atoms with Crippen molar-refractivity contribution in [1.29, 1.82) is 0 Å². The maximum Gasteiger partial charge on any atom is 0.326 e. The molecule has 12 heteroatoms. The summed E-state index contributed by atoms with van der Waals surface area (Å²) in [6, 6.07) is -3.87. The van der Waals surface area contributed by atoms with Gasteiger partial charge in [0.1, 0.15) is 18.1 Å². The van der Waals surface area contributed by atoms with Crippen LogP contribution in [0.2, 0.25) is 0 Å². The number of rotatable bonds is 15. The number of carbonyl (C=O) groups is 4. The highest BCUT2D eigenvalue weighted by molar-refractivity contribution is 5.93. The first-order chi connectivity index (χ1) is 15.5. The number of hydrogen-bond donors (Lipinski definition) is 7. The van der Waals surface area contributed by atoms with Gasteiger partial charge in [-0.3, -0.25) is 14.4 Å². The molecule has 33 heavy (non-hydrogen) atoms. The minimum Gasteiger partial charge on any atom is -0.480 e. The van der Waals surface area contributed by atoms with E-state index < -0.39 is 47.9 Å². The molecule has 1 aromatic heterocycles. The van der Waals surface area contributed by atoms with Crippen LogP contribution in [0.15, 0.2) is 12.5 Å². The zero-order valence-corrected chi connectivity index (χ0v) is 19.5. The molecule has 4 unspecified atom stereocenters. The number of carboxylic acids is 1. The predicted octanol–water partition coefficient (Wildman–Crippen LogP) is -0.986. The molecule has 0 aliphatic heterocycles. The van der Waals surface area contributed by atoms with Crippen LogP contribution in [-0.4, -0.2) is 69.5 Å². The molecule has 0 fully saturated rings. The van der Waals surface area contributed by atoms with E-state index in [1.54, 1.807) is 6.20 Å². The molecule has 0 saturated heterocycles. The Labute approximate surface area is 193 Å². The molecule has 0 aliphatic rings. The summed E-state index contributed by atoms with van der Waals surface area (Å²) in [7, 11) is 0. The van der Waals surface area contributed by atoms with Crippen LogP contribution < -0.4 is 27.4 Å². The average molecular weight is 468 g/mol. The van der Waals surface area contributed by atoms with Crippen LogP contribution in [0.4, 0.5) is 0 Å². The van der Waals surface area contributed by atoms with Gasteiger partial charge in [0.05, 0.1) is 12.4 Å².